The summed E-state index contributed by atoms with van der Waals surface area (Å²) in [7, 11) is 10.7. The molecule has 114 heavy (non-hydrogen) atoms. The maximum atomic E-state index is 7.64. The van der Waals surface area contributed by atoms with E-state index in [4.69, 9.17) is 4.11 Å². The van der Waals surface area contributed by atoms with Crippen LogP contribution in [0.2, 0.25) is 0 Å². The van der Waals surface area contributed by atoms with E-state index in [2.05, 4.69) is 379 Å². The molecule has 10 aromatic rings. The van der Waals surface area contributed by atoms with Crippen molar-refractivity contribution in [3.05, 3.63) is 264 Å². The summed E-state index contributed by atoms with van der Waals surface area (Å²) in [6, 6.07) is 45.0. The molecule has 5 aliphatic carbocycles. The summed E-state index contributed by atoms with van der Waals surface area (Å²) in [5, 5.41) is 0. The lowest BCUT2D eigenvalue weighted by Gasteiger charge is -2.42. The highest BCUT2D eigenvalue weighted by Gasteiger charge is 2.44. The number of benzene rings is 5. The summed E-state index contributed by atoms with van der Waals surface area (Å²) in [6.45, 7) is 62.9. The van der Waals surface area contributed by atoms with E-state index in [9.17, 15) is 0 Å². The number of pyridine rings is 5. The van der Waals surface area contributed by atoms with Gasteiger partial charge in [0, 0.05) is 90.6 Å². The third-order valence-corrected chi connectivity index (χ3v) is 28.5. The Morgan fingerprint density at radius 1 is 0.263 bits per heavy atom. The van der Waals surface area contributed by atoms with Crippen LogP contribution in [0.5, 0.6) is 0 Å². The Morgan fingerprint density at radius 3 is 1.03 bits per heavy atom. The van der Waals surface area contributed by atoms with Gasteiger partial charge in [0.25, 0.3) is 0 Å². The fraction of sp³-hybridized carbons (Fsp3) is 0.495. The average molecular weight is 1530 g/mol. The lowest BCUT2D eigenvalue weighted by atomic mass is 9.62. The Balaban J connectivity index is 0.000000144. The number of hydrogen-bond donors (Lipinski definition) is 0. The molecule has 0 bridgehead atoms. The molecule has 604 valence electrons. The average Bonchev–Trinajstić information content (AvgIpc) is 0.757. The highest BCUT2D eigenvalue weighted by Crippen LogP contribution is 2.52. The van der Waals surface area contributed by atoms with Gasteiger partial charge >= 0.3 is 0 Å². The fourth-order valence-electron chi connectivity index (χ4n) is 19.7. The molecule has 0 saturated carbocycles. The van der Waals surface area contributed by atoms with Gasteiger partial charge in [-0.3, -0.25) is 0 Å². The molecule has 1 unspecified atom stereocenters. The van der Waals surface area contributed by atoms with Crippen LogP contribution in [0.1, 0.15) is 317 Å². The van der Waals surface area contributed by atoms with Crippen molar-refractivity contribution >= 4 is 0 Å². The number of nitrogens with zero attached hydrogens (tertiary/aromatic N) is 5. The van der Waals surface area contributed by atoms with Crippen LogP contribution >= 0.6 is 0 Å². The number of fused-ring (bicyclic) bond motifs is 5. The lowest BCUT2D eigenvalue weighted by Crippen LogP contribution is -2.40. The van der Waals surface area contributed by atoms with E-state index in [-0.39, 0.29) is 43.3 Å². The van der Waals surface area contributed by atoms with Crippen LogP contribution in [0.15, 0.2) is 152 Å². The van der Waals surface area contributed by atoms with Gasteiger partial charge in [-0.25, -0.2) is 22.8 Å². The number of rotatable bonds is 5. The Labute approximate surface area is 697 Å². The van der Waals surface area contributed by atoms with E-state index in [0.29, 0.717) is 16.9 Å². The predicted octanol–water partition coefficient (Wildman–Crippen LogP) is 25.5. The molecule has 0 saturated heterocycles. The van der Waals surface area contributed by atoms with Crippen molar-refractivity contribution in [1.82, 2.24) is 0 Å². The van der Waals surface area contributed by atoms with Crippen molar-refractivity contribution < 1.29 is 26.9 Å². The van der Waals surface area contributed by atoms with E-state index >= 15 is 0 Å². The fourth-order valence-corrected chi connectivity index (χ4v) is 19.7. The van der Waals surface area contributed by atoms with E-state index < -0.39 is 6.85 Å². The van der Waals surface area contributed by atoms with Crippen LogP contribution in [0.3, 0.4) is 0 Å². The van der Waals surface area contributed by atoms with Gasteiger partial charge in [-0.2, -0.15) is 0 Å². The Morgan fingerprint density at radius 2 is 0.596 bits per heavy atom. The zero-order valence-corrected chi connectivity index (χ0v) is 77.3. The molecular formula is C109H148N5+5. The maximum Gasteiger partial charge on any atom is 0.212 e. The van der Waals surface area contributed by atoms with E-state index in [0.717, 1.165) is 16.8 Å². The molecule has 0 N–H and O–H groups in total. The minimum atomic E-state index is -2.06. The summed E-state index contributed by atoms with van der Waals surface area (Å²) < 4.78 is 34.2. The molecule has 5 aliphatic rings. The first kappa shape index (κ1) is 82.4. The molecule has 0 aliphatic heterocycles. The molecule has 15 rings (SSSR count). The number of aromatic nitrogens is 5. The first-order valence-electron chi connectivity index (χ1n) is 44.6. The quantitative estimate of drug-likeness (QED) is 0.153. The van der Waals surface area contributed by atoms with Crippen molar-refractivity contribution in [3.8, 4) is 56.3 Å². The minimum absolute atomic E-state index is 0.153. The lowest BCUT2D eigenvalue weighted by molar-refractivity contribution is -0.661. The molecule has 5 heterocycles. The van der Waals surface area contributed by atoms with Gasteiger partial charge < -0.3 is 0 Å². The summed E-state index contributed by atoms with van der Waals surface area (Å²) in [4.78, 5) is 0. The topological polar surface area (TPSA) is 19.4 Å². The third-order valence-electron chi connectivity index (χ3n) is 28.5. The molecular weight excluding hydrogens is 1380 g/mol. The first-order valence-corrected chi connectivity index (χ1v) is 43.1. The third kappa shape index (κ3) is 17.6. The van der Waals surface area contributed by atoms with Crippen LogP contribution in [0.4, 0.5) is 0 Å². The molecule has 0 radical (unpaired) electrons. The largest absolute Gasteiger partial charge is 0.212 e. The standard InChI is InChI=1S/C23H32N.2C22H30N.2C21H28N/c1-15-12-21(24(8)14-17(15)3)18-13-20-19(11-16(18)2)22(4,5)9-10-23(20,6)7;1-15-8-9-20(23(7)14-15)17-13-19-18(12-16(17)2)21(3,4)10-11-22(19,5)6;1-15-8-9-17(16(2)12-15)20-13-18-19(14-23(20)7)22(5,6)11-10-21(18,3)4;1-14-7-8-17(16(3)11-14)20-12-18-15(2)9-10-21(4,5)19(18)13-22(20)6;1-15-13-17-18(21(4,5)11-10-20(17,2)3)14-16(15)19-9-7-8-12-22(19)6/h11-14H,9-10H2,1-8H3;2*8-9,12-14H,10-11H2,1-7H3;7-8,11-13,15H,9-10H2,1-6H3;7-9,12-14H,10-11H2,1-6H3/q5*+1/i;;1D3;;. The smallest absolute Gasteiger partial charge is 0.201 e. The maximum absolute atomic E-state index is 7.64. The van der Waals surface area contributed by atoms with Gasteiger partial charge in [0.1, 0.15) is 35.2 Å². The van der Waals surface area contributed by atoms with Gasteiger partial charge in [-0.05, 0) is 308 Å². The summed E-state index contributed by atoms with van der Waals surface area (Å²) in [5.41, 5.74) is 42.6. The first-order chi connectivity index (χ1) is 54.0. The minimum Gasteiger partial charge on any atom is -0.201 e. The van der Waals surface area contributed by atoms with E-state index in [1.165, 1.54) is 187 Å². The molecule has 0 amide bonds. The van der Waals surface area contributed by atoms with Crippen LogP contribution in [0.25, 0.3) is 56.3 Å². The molecule has 5 aromatic carbocycles. The summed E-state index contributed by atoms with van der Waals surface area (Å²) in [5.74, 6) is 0.661. The van der Waals surface area contributed by atoms with Gasteiger partial charge in [0.05, 0.1) is 0 Å². The zero-order valence-electron chi connectivity index (χ0n) is 80.3. The Kier molecular flexibility index (Phi) is 22.9. The normalized spacial score (nSPS) is 19.3. The van der Waals surface area contributed by atoms with E-state index in [1.54, 1.807) is 34.4 Å². The summed E-state index contributed by atoms with van der Waals surface area (Å²) in [6.07, 6.45) is 23.8. The zero-order chi connectivity index (χ0) is 86.5. The predicted molar refractivity (Wildman–Crippen MR) is 484 cm³/mol. The van der Waals surface area contributed by atoms with Crippen LogP contribution in [-0.2, 0) is 84.0 Å². The van der Waals surface area contributed by atoms with Crippen molar-refractivity contribution in [2.24, 2.45) is 35.2 Å². The van der Waals surface area contributed by atoms with Crippen molar-refractivity contribution in [2.45, 2.75) is 320 Å². The van der Waals surface area contributed by atoms with Crippen LogP contribution in [0, 0.1) is 69.2 Å². The molecule has 5 aromatic heterocycles. The van der Waals surface area contributed by atoms with Gasteiger partial charge in [-0.15, -0.1) is 0 Å². The molecule has 0 spiro atoms. The highest BCUT2D eigenvalue weighted by atomic mass is 14.9. The van der Waals surface area contributed by atoms with Gasteiger partial charge in [-0.1, -0.05) is 185 Å². The van der Waals surface area contributed by atoms with Gasteiger partial charge in [0.2, 0.25) is 28.5 Å². The van der Waals surface area contributed by atoms with Crippen LogP contribution in [-0.4, -0.2) is 0 Å². The second kappa shape index (κ2) is 31.7. The van der Waals surface area contributed by atoms with Crippen LogP contribution < -0.4 is 22.8 Å². The van der Waals surface area contributed by atoms with Gasteiger partial charge in [0.15, 0.2) is 31.0 Å². The molecule has 1 atom stereocenters. The number of hydrogen-bond acceptors (Lipinski definition) is 0. The monoisotopic (exact) mass is 1530 g/mol. The molecule has 5 nitrogen and oxygen atoms in total. The summed E-state index contributed by atoms with van der Waals surface area (Å²) >= 11 is 0. The highest BCUT2D eigenvalue weighted by molar-refractivity contribution is 5.70. The SMILES string of the molecule is Cc1cc(-c2cc3c(cc2C)C(C)(C)CCC3(C)C)[n+](C)cc1C.Cc1cc2c(cc1-c1cccc[n+]1C)C(C)(C)CCC2(C)C.Cc1ccc(-c2cc3c(c[n+]2C)C(C)(C)CCC3C)c(C)c1.Cc1ccc(-c2cc3c(cc2C)C(C)(C)CCC3(C)C)[n+](C)c1.[2H]C([2H])([2H])c1ccc(-c2cc3c(c[n+]2C)C(C)(C)CCC3(C)C)c(C)c1. The Bertz CT molecular complexity index is 5450. The number of aryl methyl sites for hydroxylation is 15. The second-order valence-corrected chi connectivity index (χ2v) is 42.2. The van der Waals surface area contributed by atoms with Crippen molar-refractivity contribution in [2.75, 3.05) is 0 Å². The van der Waals surface area contributed by atoms with E-state index in [1.807, 2.05) is 13.0 Å². The Hall–Kier alpha value is -8.15. The molecule has 0 fully saturated rings. The molecule has 5 heteroatoms. The van der Waals surface area contributed by atoms with Crippen molar-refractivity contribution in [1.29, 1.82) is 0 Å². The second-order valence-electron chi connectivity index (χ2n) is 42.2. The van der Waals surface area contributed by atoms with Crippen molar-refractivity contribution in [3.63, 3.8) is 0 Å².